The number of nitrogens with zero attached hydrogens (tertiary/aromatic N) is 1. The molecule has 5 nitrogen and oxygen atoms in total. The molecule has 1 unspecified atom stereocenters. The van der Waals surface area contributed by atoms with Crippen LogP contribution in [0.15, 0.2) is 42.6 Å². The number of carboxylic acids is 1. The number of rotatable bonds is 5. The van der Waals surface area contributed by atoms with E-state index in [2.05, 4.69) is 25.8 Å². The molecule has 5 heteroatoms. The fourth-order valence-corrected chi connectivity index (χ4v) is 1.87. The summed E-state index contributed by atoms with van der Waals surface area (Å²) in [5, 5.41) is 8.87. The van der Waals surface area contributed by atoms with Crippen molar-refractivity contribution < 1.29 is 19.4 Å². The standard InChI is InChI=1S/C18H21NO4/c1-12(17(20)21)22-14-6-5-7-15(10-14)23-16-9-8-13(11-19-16)18(2,3)4/h5-12H,1-4H3,(H,20,21). The Morgan fingerprint density at radius 1 is 1.17 bits per heavy atom. The Hall–Kier alpha value is -2.56. The predicted octanol–water partition coefficient (Wildman–Crippen LogP) is 4.02. The summed E-state index contributed by atoms with van der Waals surface area (Å²) in [4.78, 5) is 15.1. The van der Waals surface area contributed by atoms with Crippen LogP contribution >= 0.6 is 0 Å². The van der Waals surface area contributed by atoms with Crippen LogP contribution in [-0.4, -0.2) is 22.2 Å². The van der Waals surface area contributed by atoms with Gasteiger partial charge < -0.3 is 14.6 Å². The van der Waals surface area contributed by atoms with Crippen LogP contribution in [0, 0.1) is 0 Å². The molecule has 0 amide bonds. The van der Waals surface area contributed by atoms with E-state index in [4.69, 9.17) is 14.6 Å². The minimum absolute atomic E-state index is 0.0340. The van der Waals surface area contributed by atoms with Crippen molar-refractivity contribution in [1.82, 2.24) is 4.98 Å². The third kappa shape index (κ3) is 4.71. The van der Waals surface area contributed by atoms with Crippen molar-refractivity contribution in [3.8, 4) is 17.4 Å². The molecule has 0 radical (unpaired) electrons. The van der Waals surface area contributed by atoms with Crippen LogP contribution in [0.2, 0.25) is 0 Å². The molecule has 2 aromatic rings. The lowest BCUT2D eigenvalue weighted by Gasteiger charge is -2.18. The Morgan fingerprint density at radius 2 is 1.87 bits per heavy atom. The first-order valence-electron chi connectivity index (χ1n) is 7.39. The number of pyridine rings is 1. The molecule has 1 atom stereocenters. The lowest BCUT2D eigenvalue weighted by Crippen LogP contribution is -2.22. The molecular formula is C18H21NO4. The summed E-state index contributed by atoms with van der Waals surface area (Å²) < 4.78 is 11.0. The van der Waals surface area contributed by atoms with E-state index in [0.29, 0.717) is 17.4 Å². The molecule has 122 valence electrons. The first kappa shape index (κ1) is 16.8. The van der Waals surface area contributed by atoms with Crippen LogP contribution < -0.4 is 9.47 Å². The summed E-state index contributed by atoms with van der Waals surface area (Å²) >= 11 is 0. The van der Waals surface area contributed by atoms with Crippen LogP contribution in [0.4, 0.5) is 0 Å². The Bertz CT molecular complexity index is 674. The Labute approximate surface area is 135 Å². The zero-order valence-corrected chi connectivity index (χ0v) is 13.7. The smallest absolute Gasteiger partial charge is 0.344 e. The maximum Gasteiger partial charge on any atom is 0.344 e. The summed E-state index contributed by atoms with van der Waals surface area (Å²) in [5.41, 5.74) is 1.16. The van der Waals surface area contributed by atoms with Crippen molar-refractivity contribution in [3.05, 3.63) is 48.2 Å². The van der Waals surface area contributed by atoms with Gasteiger partial charge in [-0.3, -0.25) is 0 Å². The molecule has 2 rings (SSSR count). The van der Waals surface area contributed by atoms with E-state index in [0.717, 1.165) is 5.56 Å². The fraction of sp³-hybridized carbons (Fsp3) is 0.333. The molecule has 1 aromatic heterocycles. The van der Waals surface area contributed by atoms with Crippen molar-refractivity contribution in [2.24, 2.45) is 0 Å². The molecule has 0 aliphatic carbocycles. The van der Waals surface area contributed by atoms with Crippen LogP contribution in [0.5, 0.6) is 17.4 Å². The highest BCUT2D eigenvalue weighted by Gasteiger charge is 2.15. The number of carboxylic acid groups (broad SMARTS) is 1. The fourth-order valence-electron chi connectivity index (χ4n) is 1.87. The maximum atomic E-state index is 10.8. The zero-order chi connectivity index (χ0) is 17.0. The van der Waals surface area contributed by atoms with Crippen LogP contribution in [0.25, 0.3) is 0 Å². The van der Waals surface area contributed by atoms with E-state index < -0.39 is 12.1 Å². The molecule has 0 bridgehead atoms. The van der Waals surface area contributed by atoms with E-state index in [1.54, 1.807) is 30.5 Å². The summed E-state index contributed by atoms with van der Waals surface area (Å²) in [6.07, 6.45) is 0.872. The predicted molar refractivity (Wildman–Crippen MR) is 87.2 cm³/mol. The van der Waals surface area contributed by atoms with Gasteiger partial charge in [0, 0.05) is 18.3 Å². The second-order valence-electron chi connectivity index (χ2n) is 6.31. The molecule has 0 fully saturated rings. The largest absolute Gasteiger partial charge is 0.479 e. The van der Waals surface area contributed by atoms with Gasteiger partial charge in [0.25, 0.3) is 0 Å². The van der Waals surface area contributed by atoms with Crippen LogP contribution in [0.3, 0.4) is 0 Å². The lowest BCUT2D eigenvalue weighted by molar-refractivity contribution is -0.144. The monoisotopic (exact) mass is 315 g/mol. The number of ether oxygens (including phenoxy) is 2. The highest BCUT2D eigenvalue weighted by atomic mass is 16.5. The van der Waals surface area contributed by atoms with Crippen molar-refractivity contribution in [2.75, 3.05) is 0 Å². The molecular weight excluding hydrogens is 294 g/mol. The van der Waals surface area contributed by atoms with E-state index in [-0.39, 0.29) is 5.41 Å². The van der Waals surface area contributed by atoms with Gasteiger partial charge in [-0.05, 0) is 30.0 Å². The molecule has 1 heterocycles. The number of aliphatic carboxylic acids is 1. The van der Waals surface area contributed by atoms with Crippen molar-refractivity contribution in [1.29, 1.82) is 0 Å². The zero-order valence-electron chi connectivity index (χ0n) is 13.7. The summed E-state index contributed by atoms with van der Waals surface area (Å²) in [6, 6.07) is 10.6. The van der Waals surface area contributed by atoms with Crippen LogP contribution in [-0.2, 0) is 10.2 Å². The molecule has 0 aliphatic rings. The SMILES string of the molecule is CC(Oc1cccc(Oc2ccc(C(C)(C)C)cn2)c1)C(=O)O. The number of hydrogen-bond acceptors (Lipinski definition) is 4. The molecule has 23 heavy (non-hydrogen) atoms. The quantitative estimate of drug-likeness (QED) is 0.902. The van der Waals surface area contributed by atoms with Crippen molar-refractivity contribution in [3.63, 3.8) is 0 Å². The first-order valence-corrected chi connectivity index (χ1v) is 7.39. The van der Waals surface area contributed by atoms with Gasteiger partial charge in [0.15, 0.2) is 6.10 Å². The summed E-state index contributed by atoms with van der Waals surface area (Å²) in [6.45, 7) is 7.83. The summed E-state index contributed by atoms with van der Waals surface area (Å²) in [7, 11) is 0. The average Bonchev–Trinajstić information content (AvgIpc) is 2.47. The van der Waals surface area contributed by atoms with Gasteiger partial charge in [-0.25, -0.2) is 9.78 Å². The number of hydrogen-bond donors (Lipinski definition) is 1. The van der Waals surface area contributed by atoms with Gasteiger partial charge in [0.1, 0.15) is 11.5 Å². The Morgan fingerprint density at radius 3 is 2.43 bits per heavy atom. The minimum atomic E-state index is -1.02. The van der Waals surface area contributed by atoms with E-state index >= 15 is 0 Å². The third-order valence-corrected chi connectivity index (χ3v) is 3.29. The maximum absolute atomic E-state index is 10.8. The van der Waals surface area contributed by atoms with E-state index in [1.165, 1.54) is 6.92 Å². The van der Waals surface area contributed by atoms with Crippen molar-refractivity contribution >= 4 is 5.97 Å². The minimum Gasteiger partial charge on any atom is -0.479 e. The van der Waals surface area contributed by atoms with Gasteiger partial charge in [0.05, 0.1) is 0 Å². The number of carbonyl (C=O) groups is 1. The van der Waals surface area contributed by atoms with E-state index in [1.807, 2.05) is 12.1 Å². The summed E-state index contributed by atoms with van der Waals surface area (Å²) in [5.74, 6) is 0.428. The van der Waals surface area contributed by atoms with Crippen molar-refractivity contribution in [2.45, 2.75) is 39.2 Å². The topological polar surface area (TPSA) is 68.7 Å². The molecule has 0 aliphatic heterocycles. The molecule has 0 saturated heterocycles. The van der Waals surface area contributed by atoms with Gasteiger partial charge in [-0.2, -0.15) is 0 Å². The van der Waals surface area contributed by atoms with Gasteiger partial charge in [-0.1, -0.05) is 32.9 Å². The second-order valence-corrected chi connectivity index (χ2v) is 6.31. The second kappa shape index (κ2) is 6.69. The Balaban J connectivity index is 2.10. The molecule has 0 spiro atoms. The number of aromatic nitrogens is 1. The molecule has 1 aromatic carbocycles. The first-order chi connectivity index (χ1) is 10.8. The highest BCUT2D eigenvalue weighted by molar-refractivity contribution is 5.72. The van der Waals surface area contributed by atoms with E-state index in [9.17, 15) is 4.79 Å². The van der Waals surface area contributed by atoms with Gasteiger partial charge in [-0.15, -0.1) is 0 Å². The third-order valence-electron chi connectivity index (χ3n) is 3.29. The average molecular weight is 315 g/mol. The van der Waals surface area contributed by atoms with Gasteiger partial charge in [0.2, 0.25) is 5.88 Å². The Kier molecular flexibility index (Phi) is 4.89. The van der Waals surface area contributed by atoms with Gasteiger partial charge >= 0.3 is 5.97 Å². The lowest BCUT2D eigenvalue weighted by atomic mass is 9.88. The highest BCUT2D eigenvalue weighted by Crippen LogP contribution is 2.27. The van der Waals surface area contributed by atoms with Crippen LogP contribution in [0.1, 0.15) is 33.3 Å². The normalized spacial score (nSPS) is 12.5. The number of benzene rings is 1. The molecule has 0 saturated carbocycles. The molecule has 1 N–H and O–H groups in total.